The minimum Gasteiger partial charge on any atom is -0.314 e. The topological polar surface area (TPSA) is 12.0 Å². The molecule has 0 saturated heterocycles. The minimum absolute atomic E-state index is 0.522. The Labute approximate surface area is 109 Å². The van der Waals surface area contributed by atoms with E-state index < -0.39 is 0 Å². The van der Waals surface area contributed by atoms with Gasteiger partial charge in [-0.15, -0.1) is 0 Å². The summed E-state index contributed by atoms with van der Waals surface area (Å²) in [5.41, 5.74) is 0.522. The van der Waals surface area contributed by atoms with Crippen LogP contribution in [0, 0.1) is 11.3 Å². The summed E-state index contributed by atoms with van der Waals surface area (Å²) in [5, 5.41) is 3.71. The predicted molar refractivity (Wildman–Crippen MR) is 77.3 cm³/mol. The molecule has 1 aliphatic carbocycles. The average Bonchev–Trinajstić information content (AvgIpc) is 2.25. The van der Waals surface area contributed by atoms with Crippen molar-refractivity contribution in [3.05, 3.63) is 0 Å². The standard InChI is InChI=1S/C16H33N/c1-5-12-17-15-10-6-8-14(13-15)9-7-11-16(2,3)4/h14-15,17H,5-13H2,1-4H3. The monoisotopic (exact) mass is 239 g/mol. The van der Waals surface area contributed by atoms with Gasteiger partial charge in [0.1, 0.15) is 0 Å². The molecule has 0 bridgehead atoms. The van der Waals surface area contributed by atoms with Crippen molar-refractivity contribution in [3.8, 4) is 0 Å². The predicted octanol–water partition coefficient (Wildman–Crippen LogP) is 4.76. The first-order valence-corrected chi connectivity index (χ1v) is 7.74. The van der Waals surface area contributed by atoms with Gasteiger partial charge in [0.05, 0.1) is 0 Å². The molecular weight excluding hydrogens is 206 g/mol. The SMILES string of the molecule is CCCNC1CCCC(CCCC(C)(C)C)C1. The third-order valence-electron chi connectivity index (χ3n) is 4.00. The Bertz CT molecular complexity index is 192. The summed E-state index contributed by atoms with van der Waals surface area (Å²) < 4.78 is 0. The van der Waals surface area contributed by atoms with E-state index in [1.807, 2.05) is 0 Å². The largest absolute Gasteiger partial charge is 0.314 e. The van der Waals surface area contributed by atoms with Gasteiger partial charge >= 0.3 is 0 Å². The van der Waals surface area contributed by atoms with Crippen LogP contribution in [-0.2, 0) is 0 Å². The summed E-state index contributed by atoms with van der Waals surface area (Å²) in [6, 6.07) is 0.823. The van der Waals surface area contributed by atoms with Crippen molar-refractivity contribution in [1.29, 1.82) is 0 Å². The van der Waals surface area contributed by atoms with Crippen LogP contribution in [0.1, 0.15) is 79.1 Å². The van der Waals surface area contributed by atoms with E-state index in [-0.39, 0.29) is 0 Å². The van der Waals surface area contributed by atoms with Gasteiger partial charge in [0.15, 0.2) is 0 Å². The van der Waals surface area contributed by atoms with Gasteiger partial charge in [0.2, 0.25) is 0 Å². The summed E-state index contributed by atoms with van der Waals surface area (Å²) >= 11 is 0. The van der Waals surface area contributed by atoms with Crippen molar-refractivity contribution in [2.45, 2.75) is 85.1 Å². The van der Waals surface area contributed by atoms with Gasteiger partial charge in [0, 0.05) is 6.04 Å². The summed E-state index contributed by atoms with van der Waals surface area (Å²) in [6.45, 7) is 10.6. The van der Waals surface area contributed by atoms with Crippen LogP contribution in [0.15, 0.2) is 0 Å². The molecule has 1 saturated carbocycles. The molecule has 1 nitrogen and oxygen atoms in total. The van der Waals surface area contributed by atoms with Crippen LogP contribution in [0.5, 0.6) is 0 Å². The summed E-state index contributed by atoms with van der Waals surface area (Å²) in [5.74, 6) is 1.00. The first-order chi connectivity index (χ1) is 8.01. The van der Waals surface area contributed by atoms with Gasteiger partial charge < -0.3 is 5.32 Å². The Morgan fingerprint density at radius 2 is 1.94 bits per heavy atom. The molecule has 17 heavy (non-hydrogen) atoms. The maximum absolute atomic E-state index is 3.71. The molecule has 1 aliphatic rings. The highest BCUT2D eigenvalue weighted by molar-refractivity contribution is 4.78. The van der Waals surface area contributed by atoms with Crippen LogP contribution in [0.4, 0.5) is 0 Å². The Balaban J connectivity index is 2.16. The van der Waals surface area contributed by atoms with Gasteiger partial charge in [-0.3, -0.25) is 0 Å². The normalized spacial score (nSPS) is 26.1. The number of hydrogen-bond acceptors (Lipinski definition) is 1. The lowest BCUT2D eigenvalue weighted by atomic mass is 9.80. The molecule has 0 aromatic heterocycles. The number of nitrogens with one attached hydrogen (secondary N) is 1. The molecule has 0 aromatic rings. The van der Waals surface area contributed by atoms with Crippen LogP contribution in [0.2, 0.25) is 0 Å². The summed E-state index contributed by atoms with van der Waals surface area (Å²) in [6.07, 6.45) is 11.3. The smallest absolute Gasteiger partial charge is 0.00697 e. The fraction of sp³-hybridized carbons (Fsp3) is 1.00. The van der Waals surface area contributed by atoms with Crippen molar-refractivity contribution < 1.29 is 0 Å². The van der Waals surface area contributed by atoms with E-state index in [2.05, 4.69) is 33.0 Å². The zero-order valence-electron chi connectivity index (χ0n) is 12.5. The molecule has 102 valence electrons. The molecule has 1 rings (SSSR count). The van der Waals surface area contributed by atoms with Gasteiger partial charge in [-0.25, -0.2) is 0 Å². The maximum Gasteiger partial charge on any atom is 0.00697 e. The Morgan fingerprint density at radius 1 is 1.18 bits per heavy atom. The summed E-state index contributed by atoms with van der Waals surface area (Å²) in [4.78, 5) is 0. The molecule has 1 N–H and O–H groups in total. The van der Waals surface area contributed by atoms with Crippen molar-refractivity contribution in [2.24, 2.45) is 11.3 Å². The Hall–Kier alpha value is -0.0400. The van der Waals surface area contributed by atoms with Crippen molar-refractivity contribution >= 4 is 0 Å². The molecule has 0 spiro atoms. The van der Waals surface area contributed by atoms with Crippen LogP contribution >= 0.6 is 0 Å². The molecule has 0 amide bonds. The van der Waals surface area contributed by atoms with Crippen LogP contribution in [-0.4, -0.2) is 12.6 Å². The number of hydrogen-bond donors (Lipinski definition) is 1. The second-order valence-corrected chi connectivity index (χ2v) is 7.14. The molecule has 0 heterocycles. The van der Waals surface area contributed by atoms with E-state index in [1.54, 1.807) is 0 Å². The zero-order chi connectivity index (χ0) is 12.7. The Morgan fingerprint density at radius 3 is 2.59 bits per heavy atom. The second-order valence-electron chi connectivity index (χ2n) is 7.14. The van der Waals surface area contributed by atoms with E-state index in [0.717, 1.165) is 12.0 Å². The van der Waals surface area contributed by atoms with Crippen molar-refractivity contribution in [3.63, 3.8) is 0 Å². The van der Waals surface area contributed by atoms with E-state index in [0.29, 0.717) is 5.41 Å². The molecule has 1 heteroatoms. The minimum atomic E-state index is 0.522. The van der Waals surface area contributed by atoms with Crippen molar-refractivity contribution in [2.75, 3.05) is 6.54 Å². The lowest BCUT2D eigenvalue weighted by Crippen LogP contribution is -2.34. The third kappa shape index (κ3) is 7.08. The molecule has 0 aliphatic heterocycles. The van der Waals surface area contributed by atoms with E-state index in [4.69, 9.17) is 0 Å². The van der Waals surface area contributed by atoms with E-state index >= 15 is 0 Å². The molecule has 1 fully saturated rings. The fourth-order valence-electron chi connectivity index (χ4n) is 3.01. The molecule has 2 atom stereocenters. The summed E-state index contributed by atoms with van der Waals surface area (Å²) in [7, 11) is 0. The van der Waals surface area contributed by atoms with Gasteiger partial charge in [-0.1, -0.05) is 53.4 Å². The van der Waals surface area contributed by atoms with Crippen LogP contribution in [0.3, 0.4) is 0 Å². The Kier molecular flexibility index (Phi) is 6.54. The van der Waals surface area contributed by atoms with Crippen molar-refractivity contribution in [1.82, 2.24) is 5.32 Å². The van der Waals surface area contributed by atoms with E-state index in [1.165, 1.54) is 57.9 Å². The molecular formula is C16H33N. The first-order valence-electron chi connectivity index (χ1n) is 7.74. The highest BCUT2D eigenvalue weighted by atomic mass is 14.9. The maximum atomic E-state index is 3.71. The quantitative estimate of drug-likeness (QED) is 0.704. The van der Waals surface area contributed by atoms with E-state index in [9.17, 15) is 0 Å². The average molecular weight is 239 g/mol. The van der Waals surface area contributed by atoms with Crippen LogP contribution in [0.25, 0.3) is 0 Å². The highest BCUT2D eigenvalue weighted by Crippen LogP contribution is 2.30. The molecule has 0 aromatic carbocycles. The highest BCUT2D eigenvalue weighted by Gasteiger charge is 2.21. The fourth-order valence-corrected chi connectivity index (χ4v) is 3.01. The lowest BCUT2D eigenvalue weighted by Gasteiger charge is -2.30. The zero-order valence-corrected chi connectivity index (χ0v) is 12.5. The number of rotatable bonds is 6. The van der Waals surface area contributed by atoms with Gasteiger partial charge in [-0.05, 0) is 43.6 Å². The third-order valence-corrected chi connectivity index (χ3v) is 4.00. The van der Waals surface area contributed by atoms with Gasteiger partial charge in [-0.2, -0.15) is 0 Å². The van der Waals surface area contributed by atoms with Crippen LogP contribution < -0.4 is 5.32 Å². The lowest BCUT2D eigenvalue weighted by molar-refractivity contribution is 0.254. The first kappa shape index (κ1) is 15.0. The molecule has 2 unspecified atom stereocenters. The molecule has 0 radical (unpaired) electrons. The van der Waals surface area contributed by atoms with Gasteiger partial charge in [0.25, 0.3) is 0 Å². The second kappa shape index (κ2) is 7.41.